The number of nitrogens with zero attached hydrogens (tertiary/aromatic N) is 1. The Balaban J connectivity index is 1.84. The number of piperidine rings is 1. The number of hydrogen-bond acceptors (Lipinski definition) is 2. The van der Waals surface area contributed by atoms with Gasteiger partial charge in [0, 0.05) is 19.0 Å². The van der Waals surface area contributed by atoms with Crippen LogP contribution >= 0.6 is 0 Å². The molecule has 1 heterocycles. The fourth-order valence-corrected chi connectivity index (χ4v) is 4.42. The van der Waals surface area contributed by atoms with Crippen molar-refractivity contribution in [1.29, 1.82) is 0 Å². The molecular weight excluding hydrogens is 322 g/mol. The number of aryl methyl sites for hydroxylation is 1. The molecule has 1 atom stereocenters. The van der Waals surface area contributed by atoms with E-state index in [9.17, 15) is 9.90 Å². The lowest BCUT2D eigenvalue weighted by Gasteiger charge is -2.32. The van der Waals surface area contributed by atoms with Crippen LogP contribution in [-0.2, 0) is 6.42 Å². The molecule has 2 aliphatic rings. The fraction of sp³-hybridized carbons (Fsp3) is 0.348. The van der Waals surface area contributed by atoms with Crippen LogP contribution in [0.3, 0.4) is 0 Å². The molecule has 0 saturated carbocycles. The van der Waals surface area contributed by atoms with Crippen LogP contribution in [0.15, 0.2) is 48.0 Å². The molecule has 0 aromatic heterocycles. The summed E-state index contributed by atoms with van der Waals surface area (Å²) >= 11 is 0. The van der Waals surface area contributed by atoms with E-state index in [4.69, 9.17) is 0 Å². The van der Waals surface area contributed by atoms with Gasteiger partial charge in [0.2, 0.25) is 0 Å². The molecule has 2 aromatic carbocycles. The first kappa shape index (κ1) is 17.0. The van der Waals surface area contributed by atoms with Crippen LogP contribution in [0.2, 0.25) is 0 Å². The van der Waals surface area contributed by atoms with E-state index < -0.39 is 5.97 Å². The van der Waals surface area contributed by atoms with E-state index in [-0.39, 0.29) is 0 Å². The Morgan fingerprint density at radius 1 is 1.15 bits per heavy atom. The summed E-state index contributed by atoms with van der Waals surface area (Å²) in [6.45, 7) is 7.71. The molecule has 0 spiro atoms. The van der Waals surface area contributed by atoms with Crippen molar-refractivity contribution in [1.82, 2.24) is 4.90 Å². The van der Waals surface area contributed by atoms with Crippen LogP contribution in [0.5, 0.6) is 0 Å². The molecule has 0 amide bonds. The molecule has 1 aliphatic heterocycles. The van der Waals surface area contributed by atoms with Crippen molar-refractivity contribution in [2.24, 2.45) is 0 Å². The molecule has 1 fully saturated rings. The van der Waals surface area contributed by atoms with Crippen molar-refractivity contribution < 1.29 is 9.90 Å². The van der Waals surface area contributed by atoms with E-state index >= 15 is 0 Å². The van der Waals surface area contributed by atoms with E-state index in [1.54, 1.807) is 12.1 Å². The summed E-state index contributed by atoms with van der Waals surface area (Å²) in [4.78, 5) is 13.7. The SMILES string of the molecule is CCc1ccc2c(c1)C(c1ccc(C(=O)O)cc1)=C1CCN(CC)CC12. The molecule has 1 N–H and O–H groups in total. The molecule has 3 heteroatoms. The standard InChI is InChI=1S/C23H25NO2/c1-3-15-5-10-18-20(13-15)22(16-6-8-17(9-7-16)23(25)26)19-11-12-24(4-2)14-21(18)19/h5-10,13,21H,3-4,11-12,14H2,1-2H3,(H,25,26). The van der Waals surface area contributed by atoms with Gasteiger partial charge in [0.25, 0.3) is 0 Å². The average molecular weight is 347 g/mol. The maximum Gasteiger partial charge on any atom is 0.335 e. The highest BCUT2D eigenvalue weighted by Gasteiger charge is 2.35. The summed E-state index contributed by atoms with van der Waals surface area (Å²) in [7, 11) is 0. The summed E-state index contributed by atoms with van der Waals surface area (Å²) in [6, 6.07) is 14.3. The molecule has 1 aliphatic carbocycles. The predicted molar refractivity (Wildman–Crippen MR) is 105 cm³/mol. The lowest BCUT2D eigenvalue weighted by atomic mass is 9.89. The number of carboxylic acid groups (broad SMARTS) is 1. The molecular formula is C23H25NO2. The highest BCUT2D eigenvalue weighted by atomic mass is 16.4. The molecule has 0 bridgehead atoms. The average Bonchev–Trinajstić information content (AvgIpc) is 3.00. The molecule has 3 nitrogen and oxygen atoms in total. The van der Waals surface area contributed by atoms with Crippen molar-refractivity contribution >= 4 is 11.5 Å². The third-order valence-corrected chi connectivity index (χ3v) is 5.92. The van der Waals surface area contributed by atoms with Gasteiger partial charge in [-0.2, -0.15) is 0 Å². The molecule has 134 valence electrons. The number of likely N-dealkylation sites (tertiary alicyclic amines) is 1. The van der Waals surface area contributed by atoms with Gasteiger partial charge in [0.1, 0.15) is 0 Å². The van der Waals surface area contributed by atoms with Gasteiger partial charge >= 0.3 is 5.97 Å². The van der Waals surface area contributed by atoms with Crippen LogP contribution in [0, 0.1) is 0 Å². The number of benzene rings is 2. The second-order valence-corrected chi connectivity index (χ2v) is 7.25. The number of carbonyl (C=O) groups is 1. The third kappa shape index (κ3) is 2.77. The van der Waals surface area contributed by atoms with Gasteiger partial charge in [-0.3, -0.25) is 0 Å². The van der Waals surface area contributed by atoms with Crippen LogP contribution < -0.4 is 0 Å². The Morgan fingerprint density at radius 2 is 1.92 bits per heavy atom. The summed E-state index contributed by atoms with van der Waals surface area (Å²) in [5, 5.41) is 9.19. The summed E-state index contributed by atoms with van der Waals surface area (Å²) < 4.78 is 0. The van der Waals surface area contributed by atoms with Gasteiger partial charge in [-0.25, -0.2) is 4.79 Å². The maximum atomic E-state index is 11.2. The summed E-state index contributed by atoms with van der Waals surface area (Å²) in [6.07, 6.45) is 2.12. The highest BCUT2D eigenvalue weighted by Crippen LogP contribution is 2.48. The zero-order chi connectivity index (χ0) is 18.3. The minimum absolute atomic E-state index is 0.345. The van der Waals surface area contributed by atoms with Gasteiger partial charge in [0.05, 0.1) is 5.56 Å². The fourth-order valence-electron chi connectivity index (χ4n) is 4.42. The topological polar surface area (TPSA) is 40.5 Å². The Kier molecular flexibility index (Phi) is 4.41. The minimum Gasteiger partial charge on any atom is -0.478 e. The van der Waals surface area contributed by atoms with E-state index in [0.717, 1.165) is 38.0 Å². The summed E-state index contributed by atoms with van der Waals surface area (Å²) in [5.41, 5.74) is 8.51. The number of likely N-dealkylation sites (N-methyl/N-ethyl adjacent to an activating group) is 1. The summed E-state index contributed by atoms with van der Waals surface area (Å²) in [5.74, 6) is -0.401. The van der Waals surface area contributed by atoms with Crippen molar-refractivity contribution in [2.45, 2.75) is 32.6 Å². The highest BCUT2D eigenvalue weighted by molar-refractivity contribution is 5.91. The number of rotatable bonds is 4. The van der Waals surface area contributed by atoms with Crippen molar-refractivity contribution in [3.63, 3.8) is 0 Å². The van der Waals surface area contributed by atoms with E-state index in [2.05, 4.69) is 36.9 Å². The Morgan fingerprint density at radius 3 is 2.58 bits per heavy atom. The first-order valence-electron chi connectivity index (χ1n) is 9.54. The van der Waals surface area contributed by atoms with Gasteiger partial charge in [0.15, 0.2) is 0 Å². The number of hydrogen-bond donors (Lipinski definition) is 1. The quantitative estimate of drug-likeness (QED) is 0.880. The monoisotopic (exact) mass is 347 g/mol. The maximum absolute atomic E-state index is 11.2. The van der Waals surface area contributed by atoms with E-state index in [1.807, 2.05) is 12.1 Å². The van der Waals surface area contributed by atoms with Crippen molar-refractivity contribution in [2.75, 3.05) is 19.6 Å². The first-order valence-corrected chi connectivity index (χ1v) is 9.54. The third-order valence-electron chi connectivity index (χ3n) is 5.92. The predicted octanol–water partition coefficient (Wildman–Crippen LogP) is 4.57. The van der Waals surface area contributed by atoms with Gasteiger partial charge < -0.3 is 10.0 Å². The van der Waals surface area contributed by atoms with Crippen LogP contribution in [0.1, 0.15) is 58.8 Å². The zero-order valence-corrected chi connectivity index (χ0v) is 15.5. The molecule has 4 rings (SSSR count). The van der Waals surface area contributed by atoms with Gasteiger partial charge in [-0.1, -0.05) is 49.8 Å². The molecule has 0 radical (unpaired) electrons. The van der Waals surface area contributed by atoms with Gasteiger partial charge in [-0.15, -0.1) is 0 Å². The second-order valence-electron chi connectivity index (χ2n) is 7.25. The van der Waals surface area contributed by atoms with Crippen molar-refractivity contribution in [3.05, 3.63) is 75.9 Å². The first-order chi connectivity index (χ1) is 12.6. The number of fused-ring (bicyclic) bond motifs is 3. The molecule has 2 aromatic rings. The van der Waals surface area contributed by atoms with Crippen molar-refractivity contribution in [3.8, 4) is 0 Å². The van der Waals surface area contributed by atoms with E-state index in [1.165, 1.54) is 27.8 Å². The van der Waals surface area contributed by atoms with E-state index in [0.29, 0.717) is 11.5 Å². The Labute approximate surface area is 155 Å². The number of carboxylic acids is 1. The zero-order valence-electron chi connectivity index (χ0n) is 15.5. The minimum atomic E-state index is -0.872. The molecule has 1 saturated heterocycles. The smallest absolute Gasteiger partial charge is 0.335 e. The van der Waals surface area contributed by atoms with Gasteiger partial charge in [-0.05, 0) is 59.3 Å². The van der Waals surface area contributed by atoms with Crippen LogP contribution in [0.25, 0.3) is 5.57 Å². The lowest BCUT2D eigenvalue weighted by Crippen LogP contribution is -2.34. The number of aromatic carboxylic acids is 1. The molecule has 26 heavy (non-hydrogen) atoms. The van der Waals surface area contributed by atoms with Crippen LogP contribution in [-0.4, -0.2) is 35.6 Å². The Bertz CT molecular complexity index is 880. The Hall–Kier alpha value is -2.39. The molecule has 1 unspecified atom stereocenters. The normalized spacial score (nSPS) is 19.4. The lowest BCUT2D eigenvalue weighted by molar-refractivity contribution is 0.0697. The second kappa shape index (κ2) is 6.73. The van der Waals surface area contributed by atoms with Crippen LogP contribution in [0.4, 0.5) is 0 Å². The largest absolute Gasteiger partial charge is 0.478 e.